The summed E-state index contributed by atoms with van der Waals surface area (Å²) < 4.78 is 5.25. The average Bonchev–Trinajstić information content (AvgIpc) is 2.34. The van der Waals surface area contributed by atoms with Crippen LogP contribution in [0.4, 0.5) is 0 Å². The minimum Gasteiger partial charge on any atom is -0.381 e. The number of nitrogens with zero attached hydrogens (tertiary/aromatic N) is 2. The van der Waals surface area contributed by atoms with Crippen molar-refractivity contribution in [3.8, 4) is 0 Å². The molecule has 1 rings (SSSR count). The Bertz CT molecular complexity index is 308. The molecule has 1 heterocycles. The lowest BCUT2D eigenvalue weighted by atomic mass is 10.3. The zero-order chi connectivity index (χ0) is 11.6. The molecule has 0 fully saturated rings. The van der Waals surface area contributed by atoms with E-state index in [0.29, 0.717) is 25.3 Å². The smallest absolute Gasteiger partial charge is 0.252 e. The van der Waals surface area contributed by atoms with Crippen molar-refractivity contribution >= 4 is 21.8 Å². The third kappa shape index (κ3) is 5.18. The lowest BCUT2D eigenvalue weighted by molar-refractivity contribution is 0.0944. The van der Waals surface area contributed by atoms with Gasteiger partial charge in [-0.1, -0.05) is 15.9 Å². The highest BCUT2D eigenvalue weighted by Gasteiger charge is 2.03. The van der Waals surface area contributed by atoms with E-state index >= 15 is 0 Å². The van der Waals surface area contributed by atoms with Crippen LogP contribution in [0.25, 0.3) is 0 Å². The number of amides is 1. The van der Waals surface area contributed by atoms with E-state index in [0.717, 1.165) is 11.8 Å². The number of hydrogen-bond acceptors (Lipinski definition) is 4. The topological polar surface area (TPSA) is 64.1 Å². The van der Waals surface area contributed by atoms with Crippen LogP contribution in [0.1, 0.15) is 16.8 Å². The van der Waals surface area contributed by atoms with Gasteiger partial charge in [-0.2, -0.15) is 10.2 Å². The van der Waals surface area contributed by atoms with Gasteiger partial charge in [-0.3, -0.25) is 4.79 Å². The number of carbonyl (C=O) groups excluding carboxylic acids is 1. The highest BCUT2D eigenvalue weighted by Crippen LogP contribution is 1.93. The Morgan fingerprint density at radius 1 is 1.44 bits per heavy atom. The van der Waals surface area contributed by atoms with Gasteiger partial charge in [-0.05, 0) is 12.5 Å². The lowest BCUT2D eigenvalue weighted by Crippen LogP contribution is -2.25. The van der Waals surface area contributed by atoms with Crippen molar-refractivity contribution in [2.24, 2.45) is 0 Å². The number of carbonyl (C=O) groups is 1. The summed E-state index contributed by atoms with van der Waals surface area (Å²) >= 11 is 3.26. The molecule has 0 aliphatic heterocycles. The highest BCUT2D eigenvalue weighted by atomic mass is 79.9. The van der Waals surface area contributed by atoms with E-state index in [1.807, 2.05) is 0 Å². The van der Waals surface area contributed by atoms with E-state index in [2.05, 4.69) is 31.4 Å². The van der Waals surface area contributed by atoms with Gasteiger partial charge in [0.05, 0.1) is 24.6 Å². The Hall–Kier alpha value is -1.01. The maximum absolute atomic E-state index is 11.5. The van der Waals surface area contributed by atoms with Crippen molar-refractivity contribution in [1.29, 1.82) is 0 Å². The Kier molecular flexibility index (Phi) is 6.67. The summed E-state index contributed by atoms with van der Waals surface area (Å²) in [6, 6.07) is 1.63. The molecule has 6 heteroatoms. The fourth-order valence-electron chi connectivity index (χ4n) is 1.06. The Labute approximate surface area is 103 Å². The summed E-state index contributed by atoms with van der Waals surface area (Å²) in [5, 5.41) is 10.9. The van der Waals surface area contributed by atoms with E-state index in [-0.39, 0.29) is 5.91 Å². The minimum absolute atomic E-state index is 0.129. The number of halogens is 1. The summed E-state index contributed by atoms with van der Waals surface area (Å²) in [4.78, 5) is 11.5. The first kappa shape index (κ1) is 13.1. The van der Waals surface area contributed by atoms with Crippen LogP contribution in [0.5, 0.6) is 0 Å². The molecule has 0 saturated carbocycles. The van der Waals surface area contributed by atoms with E-state index in [1.54, 1.807) is 6.07 Å². The summed E-state index contributed by atoms with van der Waals surface area (Å²) in [5.41, 5.74) is 0.524. The predicted molar refractivity (Wildman–Crippen MR) is 63.6 cm³/mol. The molecule has 0 radical (unpaired) electrons. The molecule has 0 saturated heterocycles. The Morgan fingerprint density at radius 2 is 2.31 bits per heavy atom. The quantitative estimate of drug-likeness (QED) is 0.600. The maximum Gasteiger partial charge on any atom is 0.252 e. The van der Waals surface area contributed by atoms with Crippen LogP contribution in [0.15, 0.2) is 18.5 Å². The molecule has 1 N–H and O–H groups in total. The normalized spacial score (nSPS) is 10.1. The van der Waals surface area contributed by atoms with Crippen molar-refractivity contribution in [3.63, 3.8) is 0 Å². The number of hydrogen-bond donors (Lipinski definition) is 1. The summed E-state index contributed by atoms with van der Waals surface area (Å²) in [5.74, 6) is -0.129. The van der Waals surface area contributed by atoms with Gasteiger partial charge < -0.3 is 10.1 Å². The van der Waals surface area contributed by atoms with Crippen LogP contribution in [0, 0.1) is 0 Å². The Morgan fingerprint density at radius 3 is 3.00 bits per heavy atom. The van der Waals surface area contributed by atoms with Crippen LogP contribution in [-0.2, 0) is 4.74 Å². The lowest BCUT2D eigenvalue weighted by Gasteiger charge is -2.04. The number of rotatable bonds is 7. The monoisotopic (exact) mass is 287 g/mol. The van der Waals surface area contributed by atoms with E-state index in [9.17, 15) is 4.79 Å². The molecule has 1 amide bonds. The van der Waals surface area contributed by atoms with E-state index in [4.69, 9.17) is 4.74 Å². The van der Waals surface area contributed by atoms with Crippen LogP contribution in [0.3, 0.4) is 0 Å². The first-order chi connectivity index (χ1) is 7.84. The third-order valence-electron chi connectivity index (χ3n) is 1.82. The van der Waals surface area contributed by atoms with E-state index in [1.165, 1.54) is 12.4 Å². The zero-order valence-corrected chi connectivity index (χ0v) is 10.4. The van der Waals surface area contributed by atoms with Gasteiger partial charge in [0.25, 0.3) is 5.91 Å². The van der Waals surface area contributed by atoms with Crippen LogP contribution in [-0.4, -0.2) is 41.2 Å². The van der Waals surface area contributed by atoms with Crippen molar-refractivity contribution in [2.75, 3.05) is 25.1 Å². The molecular formula is C10H14BrN3O2. The molecule has 0 atom stereocenters. The molecule has 88 valence electrons. The SMILES string of the molecule is O=C(NCCCOCCBr)c1ccnnc1. The molecule has 0 aliphatic carbocycles. The maximum atomic E-state index is 11.5. The van der Waals surface area contributed by atoms with Crippen molar-refractivity contribution < 1.29 is 9.53 Å². The largest absolute Gasteiger partial charge is 0.381 e. The average molecular weight is 288 g/mol. The molecule has 0 aromatic carbocycles. The van der Waals surface area contributed by atoms with E-state index < -0.39 is 0 Å². The molecule has 5 nitrogen and oxygen atoms in total. The standard InChI is InChI=1S/C10H14BrN3O2/c11-3-7-16-6-1-4-12-10(15)9-2-5-13-14-8-9/h2,5,8H,1,3-4,6-7H2,(H,12,15). The van der Waals surface area contributed by atoms with Gasteiger partial charge >= 0.3 is 0 Å². The molecule has 1 aromatic rings. The molecular weight excluding hydrogens is 274 g/mol. The predicted octanol–water partition coefficient (Wildman–Crippen LogP) is 1.01. The Balaban J connectivity index is 2.12. The summed E-state index contributed by atoms with van der Waals surface area (Å²) in [6.07, 6.45) is 3.74. The van der Waals surface area contributed by atoms with Gasteiger partial charge in [-0.25, -0.2) is 0 Å². The molecule has 0 unspecified atom stereocenters. The van der Waals surface area contributed by atoms with Gasteiger partial charge in [-0.15, -0.1) is 0 Å². The van der Waals surface area contributed by atoms with Gasteiger partial charge in [0, 0.05) is 18.5 Å². The second-order valence-corrected chi connectivity index (χ2v) is 3.83. The van der Waals surface area contributed by atoms with Crippen molar-refractivity contribution in [2.45, 2.75) is 6.42 Å². The fourth-order valence-corrected chi connectivity index (χ4v) is 1.29. The van der Waals surface area contributed by atoms with Crippen LogP contribution in [0.2, 0.25) is 0 Å². The molecule has 0 spiro atoms. The highest BCUT2D eigenvalue weighted by molar-refractivity contribution is 9.09. The zero-order valence-electron chi connectivity index (χ0n) is 8.86. The first-order valence-electron chi connectivity index (χ1n) is 5.03. The van der Waals surface area contributed by atoms with Gasteiger partial charge in [0.15, 0.2) is 0 Å². The molecule has 0 aliphatic rings. The number of alkyl halides is 1. The number of nitrogens with one attached hydrogen (secondary N) is 1. The van der Waals surface area contributed by atoms with Gasteiger partial charge in [0.2, 0.25) is 0 Å². The van der Waals surface area contributed by atoms with Crippen LogP contribution < -0.4 is 5.32 Å². The second kappa shape index (κ2) is 8.18. The second-order valence-electron chi connectivity index (χ2n) is 3.04. The van der Waals surface area contributed by atoms with Crippen molar-refractivity contribution in [1.82, 2.24) is 15.5 Å². The molecule has 0 bridgehead atoms. The summed E-state index contributed by atoms with van der Waals surface area (Å²) in [6.45, 7) is 1.95. The third-order valence-corrected chi connectivity index (χ3v) is 2.14. The van der Waals surface area contributed by atoms with Gasteiger partial charge in [0.1, 0.15) is 0 Å². The number of aromatic nitrogens is 2. The number of ether oxygens (including phenoxy) is 1. The van der Waals surface area contributed by atoms with Crippen molar-refractivity contribution in [3.05, 3.63) is 24.0 Å². The molecule has 16 heavy (non-hydrogen) atoms. The fraction of sp³-hybridized carbons (Fsp3) is 0.500. The van der Waals surface area contributed by atoms with Crippen LogP contribution >= 0.6 is 15.9 Å². The minimum atomic E-state index is -0.129. The summed E-state index contributed by atoms with van der Waals surface area (Å²) in [7, 11) is 0. The molecule has 1 aromatic heterocycles. The first-order valence-corrected chi connectivity index (χ1v) is 6.15.